The molecule has 2 aromatic carbocycles. The number of allylic oxidation sites excluding steroid dienone is 3. The van der Waals surface area contributed by atoms with Gasteiger partial charge in [-0.25, -0.2) is 0 Å². The molecule has 0 spiro atoms. The number of fused-ring (bicyclic) bond motifs is 3. The Hall–Kier alpha value is -4.23. The van der Waals surface area contributed by atoms with Crippen molar-refractivity contribution in [3.05, 3.63) is 88.2 Å². The largest absolute Gasteiger partial charge is 0.508 e. The number of aliphatic hydroxyl groups excluding tert-OH is 2. The lowest BCUT2D eigenvalue weighted by atomic mass is 9.43. The van der Waals surface area contributed by atoms with Gasteiger partial charge in [0.1, 0.15) is 22.8 Å². The predicted molar refractivity (Wildman–Crippen MR) is 170 cm³/mol. The highest BCUT2D eigenvalue weighted by atomic mass is 16.3. The van der Waals surface area contributed by atoms with E-state index in [4.69, 9.17) is 0 Å². The Balaban J connectivity index is 1.75. The van der Waals surface area contributed by atoms with Gasteiger partial charge in [-0.1, -0.05) is 83.2 Å². The average Bonchev–Trinajstić information content (AvgIpc) is 2.93. The van der Waals surface area contributed by atoms with Gasteiger partial charge in [0.15, 0.2) is 17.2 Å². The van der Waals surface area contributed by atoms with Crippen LogP contribution in [0.4, 0.5) is 0 Å². The normalized spacial score (nSPS) is 28.3. The molecule has 0 aliphatic heterocycles. The van der Waals surface area contributed by atoms with Crippen molar-refractivity contribution in [3.8, 4) is 16.9 Å². The SMILES string of the molecule is C=C(/C=C/c1cccc(-c2ccc(O)c3c2C[C@]2(C)C[C@]4(C)C(C(C)C)C(=O)C(C(C)=O)=C(O)[C@]4(O)C(=O)C2=C3O)c1)CC. The van der Waals surface area contributed by atoms with E-state index in [1.54, 1.807) is 33.8 Å². The predicted octanol–water partition coefficient (Wildman–Crippen LogP) is 6.84. The van der Waals surface area contributed by atoms with Crippen molar-refractivity contribution in [2.75, 3.05) is 0 Å². The van der Waals surface area contributed by atoms with Gasteiger partial charge in [0.25, 0.3) is 0 Å². The molecule has 4 N–H and O–H groups in total. The number of ketones is 3. The first-order chi connectivity index (χ1) is 20.5. The van der Waals surface area contributed by atoms with Gasteiger partial charge in [-0.05, 0) is 66.5 Å². The third-order valence-electron chi connectivity index (χ3n) is 10.1. The Bertz CT molecular complexity index is 1740. The Labute approximate surface area is 257 Å². The second-order valence-electron chi connectivity index (χ2n) is 13.4. The molecule has 0 aromatic heterocycles. The summed E-state index contributed by atoms with van der Waals surface area (Å²) < 4.78 is 0. The highest BCUT2D eigenvalue weighted by Crippen LogP contribution is 2.65. The summed E-state index contributed by atoms with van der Waals surface area (Å²) in [6.07, 6.45) is 5.01. The maximum atomic E-state index is 14.5. The van der Waals surface area contributed by atoms with Crippen LogP contribution in [0.3, 0.4) is 0 Å². The molecule has 0 heterocycles. The highest BCUT2D eigenvalue weighted by Gasteiger charge is 2.72. The highest BCUT2D eigenvalue weighted by molar-refractivity contribution is 6.24. The minimum Gasteiger partial charge on any atom is -0.508 e. The number of Topliss-reactive ketones (excluding diaryl/α,β-unsaturated/α-hetero) is 3. The quantitative estimate of drug-likeness (QED) is 0.212. The summed E-state index contributed by atoms with van der Waals surface area (Å²) in [6.45, 7) is 14.2. The van der Waals surface area contributed by atoms with E-state index in [1.807, 2.05) is 43.3 Å². The fraction of sp³-hybridized carbons (Fsp3) is 0.378. The van der Waals surface area contributed by atoms with Gasteiger partial charge >= 0.3 is 0 Å². The summed E-state index contributed by atoms with van der Waals surface area (Å²) in [4.78, 5) is 40.8. The van der Waals surface area contributed by atoms with Crippen LogP contribution >= 0.6 is 0 Å². The molecule has 0 radical (unpaired) electrons. The van der Waals surface area contributed by atoms with Crippen molar-refractivity contribution in [1.82, 2.24) is 0 Å². The van der Waals surface area contributed by atoms with Crippen LogP contribution in [0.5, 0.6) is 5.75 Å². The lowest BCUT2D eigenvalue weighted by Crippen LogP contribution is -2.69. The summed E-state index contributed by atoms with van der Waals surface area (Å²) in [5, 5.41) is 46.3. The van der Waals surface area contributed by atoms with Gasteiger partial charge < -0.3 is 20.4 Å². The van der Waals surface area contributed by atoms with Crippen LogP contribution in [0.2, 0.25) is 0 Å². The third kappa shape index (κ3) is 4.24. The molecule has 2 aromatic rings. The molecule has 1 unspecified atom stereocenters. The van der Waals surface area contributed by atoms with E-state index in [1.165, 1.54) is 6.07 Å². The van der Waals surface area contributed by atoms with E-state index in [-0.39, 0.29) is 35.6 Å². The summed E-state index contributed by atoms with van der Waals surface area (Å²) in [6, 6.07) is 11.1. The topological polar surface area (TPSA) is 132 Å². The maximum Gasteiger partial charge on any atom is 0.203 e. The lowest BCUT2D eigenvalue weighted by Gasteiger charge is -2.59. The summed E-state index contributed by atoms with van der Waals surface area (Å²) in [5.74, 6) is -5.36. The molecular weight excluding hydrogens is 556 g/mol. The van der Waals surface area contributed by atoms with Crippen LogP contribution in [0, 0.1) is 22.7 Å². The number of carbonyl (C=O) groups is 3. The molecule has 0 bridgehead atoms. The van der Waals surface area contributed by atoms with E-state index >= 15 is 0 Å². The smallest absolute Gasteiger partial charge is 0.203 e. The molecule has 44 heavy (non-hydrogen) atoms. The number of carbonyl (C=O) groups excluding carboxylic acids is 3. The van der Waals surface area contributed by atoms with Gasteiger partial charge in [-0.15, -0.1) is 0 Å². The van der Waals surface area contributed by atoms with E-state index in [9.17, 15) is 34.8 Å². The third-order valence-corrected chi connectivity index (χ3v) is 10.1. The molecule has 0 amide bonds. The first-order valence-electron chi connectivity index (χ1n) is 15.0. The van der Waals surface area contributed by atoms with E-state index in [0.717, 1.165) is 35.6 Å². The van der Waals surface area contributed by atoms with E-state index in [2.05, 4.69) is 6.58 Å². The standard InChI is InChI=1S/C37H40O7/c1-8-20(4)12-13-22-10-9-11-23(16-22)24-14-15-26(39)28-25(24)17-35(6)18-36(7)29(19(2)3)31(40)27(21(5)38)33(42)37(36,44)34(43)30(35)32(28)41/h9-16,19,29,39,41-42,44H,4,8,17-18H2,1-3,5-7H3/b13-12+/t29?,35-,36-,37+/m1/s1. The fourth-order valence-electron chi connectivity index (χ4n) is 8.13. The zero-order chi connectivity index (χ0) is 32.5. The van der Waals surface area contributed by atoms with Gasteiger partial charge in [-0.3, -0.25) is 14.4 Å². The fourth-order valence-corrected chi connectivity index (χ4v) is 8.13. The van der Waals surface area contributed by atoms with Crippen molar-refractivity contribution in [3.63, 3.8) is 0 Å². The first kappa shape index (κ1) is 31.2. The Morgan fingerprint density at radius 3 is 2.41 bits per heavy atom. The molecular formula is C37H40O7. The molecule has 3 aliphatic carbocycles. The van der Waals surface area contributed by atoms with Crippen LogP contribution in [0.15, 0.2) is 71.5 Å². The summed E-state index contributed by atoms with van der Waals surface area (Å²) in [5.41, 5.74) is -1.71. The van der Waals surface area contributed by atoms with Gasteiger partial charge in [-0.2, -0.15) is 0 Å². The lowest BCUT2D eigenvalue weighted by molar-refractivity contribution is -0.178. The minimum atomic E-state index is -2.63. The van der Waals surface area contributed by atoms with Crippen molar-refractivity contribution in [1.29, 1.82) is 0 Å². The number of aromatic hydroxyl groups is 1. The zero-order valence-electron chi connectivity index (χ0n) is 26.1. The van der Waals surface area contributed by atoms with Crippen LogP contribution in [-0.2, 0) is 20.8 Å². The van der Waals surface area contributed by atoms with Crippen LogP contribution in [0.1, 0.15) is 71.1 Å². The number of hydrogen-bond donors (Lipinski definition) is 4. The van der Waals surface area contributed by atoms with Crippen LogP contribution < -0.4 is 0 Å². The number of rotatable bonds is 6. The summed E-state index contributed by atoms with van der Waals surface area (Å²) >= 11 is 0. The second-order valence-corrected chi connectivity index (χ2v) is 13.4. The van der Waals surface area contributed by atoms with Crippen molar-refractivity contribution in [2.24, 2.45) is 22.7 Å². The molecule has 0 saturated heterocycles. The average molecular weight is 597 g/mol. The van der Waals surface area contributed by atoms with Gasteiger partial charge in [0.2, 0.25) is 5.78 Å². The summed E-state index contributed by atoms with van der Waals surface area (Å²) in [7, 11) is 0. The van der Waals surface area contributed by atoms with Crippen molar-refractivity contribution >= 4 is 29.2 Å². The molecule has 7 heteroatoms. The Kier molecular flexibility index (Phi) is 7.41. The molecule has 7 nitrogen and oxygen atoms in total. The molecule has 4 atom stereocenters. The van der Waals surface area contributed by atoms with Gasteiger partial charge in [0.05, 0.1) is 5.56 Å². The Morgan fingerprint density at radius 2 is 1.80 bits per heavy atom. The minimum absolute atomic E-state index is 0.0436. The molecule has 5 rings (SSSR count). The first-order valence-corrected chi connectivity index (χ1v) is 15.0. The number of phenols is 1. The molecule has 230 valence electrons. The number of hydrogen-bond acceptors (Lipinski definition) is 7. The van der Waals surface area contributed by atoms with E-state index in [0.29, 0.717) is 5.56 Å². The van der Waals surface area contributed by atoms with Crippen molar-refractivity contribution < 1.29 is 34.8 Å². The van der Waals surface area contributed by atoms with Crippen LogP contribution in [-0.4, -0.2) is 43.4 Å². The number of aliphatic hydroxyl groups is 3. The maximum absolute atomic E-state index is 14.5. The molecule has 1 saturated carbocycles. The number of benzene rings is 2. The van der Waals surface area contributed by atoms with Gasteiger partial charge in [0, 0.05) is 22.3 Å². The second kappa shape index (κ2) is 10.4. The Morgan fingerprint density at radius 1 is 1.11 bits per heavy atom. The monoisotopic (exact) mass is 596 g/mol. The molecule has 1 fully saturated rings. The van der Waals surface area contributed by atoms with Crippen LogP contribution in [0.25, 0.3) is 23.0 Å². The zero-order valence-corrected chi connectivity index (χ0v) is 26.1. The number of phenolic OH excluding ortho intramolecular Hbond substituents is 1. The van der Waals surface area contributed by atoms with E-state index < -0.39 is 56.8 Å². The molecule has 3 aliphatic rings. The van der Waals surface area contributed by atoms with Crippen molar-refractivity contribution in [2.45, 2.75) is 66.4 Å².